The highest BCUT2D eigenvalue weighted by Gasteiger charge is 2.17. The third-order valence-corrected chi connectivity index (χ3v) is 3.66. The minimum atomic E-state index is -3.10. The summed E-state index contributed by atoms with van der Waals surface area (Å²) in [5.74, 6) is 0.167. The van der Waals surface area contributed by atoms with Gasteiger partial charge in [0.05, 0.1) is 11.3 Å². The lowest BCUT2D eigenvalue weighted by Gasteiger charge is -2.14. The Labute approximate surface area is 107 Å². The second kappa shape index (κ2) is 4.31. The predicted molar refractivity (Wildman–Crippen MR) is 72.5 cm³/mol. The molecule has 0 aliphatic carbocycles. The third kappa shape index (κ3) is 2.36. The van der Waals surface area contributed by atoms with Crippen molar-refractivity contribution < 1.29 is 13.5 Å². The molecule has 5 heteroatoms. The number of rotatable bonds is 3. The van der Waals surface area contributed by atoms with E-state index in [0.29, 0.717) is 11.2 Å². The van der Waals surface area contributed by atoms with Crippen LogP contribution in [0.2, 0.25) is 0 Å². The van der Waals surface area contributed by atoms with Crippen LogP contribution in [0.4, 0.5) is 0 Å². The molecule has 0 saturated carbocycles. The van der Waals surface area contributed by atoms with Crippen molar-refractivity contribution in [3.05, 3.63) is 30.0 Å². The Kier molecular flexibility index (Phi) is 3.11. The Balaban J connectivity index is 2.74. The molecule has 2 rings (SSSR count). The average Bonchev–Trinajstić information content (AvgIpc) is 2.54. The number of nitrogens with zero attached hydrogens (tertiary/aromatic N) is 1. The Morgan fingerprint density at radius 3 is 2.56 bits per heavy atom. The summed E-state index contributed by atoms with van der Waals surface area (Å²) < 4.78 is 24.8. The molecular formula is C13H17NO3S. The number of hydrogen-bond acceptors (Lipinski definition) is 3. The monoisotopic (exact) mass is 267 g/mol. The number of aromatic nitrogens is 1. The molecule has 1 heterocycles. The molecule has 0 bridgehead atoms. The molecule has 0 atom stereocenters. The van der Waals surface area contributed by atoms with Gasteiger partial charge < -0.3 is 9.67 Å². The summed E-state index contributed by atoms with van der Waals surface area (Å²) in [5, 5.41) is 10.8. The molecule has 0 aliphatic heterocycles. The Morgan fingerprint density at radius 2 is 2.00 bits per heavy atom. The van der Waals surface area contributed by atoms with Gasteiger partial charge in [0.25, 0.3) is 0 Å². The molecule has 98 valence electrons. The van der Waals surface area contributed by atoms with Crippen molar-refractivity contribution in [3.63, 3.8) is 0 Å². The van der Waals surface area contributed by atoms with E-state index in [1.54, 1.807) is 12.1 Å². The first-order valence-corrected chi connectivity index (χ1v) is 7.85. The minimum absolute atomic E-state index is 0.0146. The van der Waals surface area contributed by atoms with Crippen molar-refractivity contribution in [1.82, 2.24) is 4.57 Å². The molecule has 0 spiro atoms. The molecule has 18 heavy (non-hydrogen) atoms. The van der Waals surface area contributed by atoms with Gasteiger partial charge >= 0.3 is 0 Å². The van der Waals surface area contributed by atoms with E-state index in [0.717, 1.165) is 5.39 Å². The Hall–Kier alpha value is -1.49. The molecule has 0 radical (unpaired) electrons. The van der Waals surface area contributed by atoms with Gasteiger partial charge in [-0.3, -0.25) is 0 Å². The average molecular weight is 267 g/mol. The van der Waals surface area contributed by atoms with Gasteiger partial charge in [-0.25, -0.2) is 8.42 Å². The molecule has 4 nitrogen and oxygen atoms in total. The molecule has 0 aliphatic rings. The van der Waals surface area contributed by atoms with Gasteiger partial charge in [0, 0.05) is 23.4 Å². The van der Waals surface area contributed by atoms with Gasteiger partial charge in [-0.05, 0) is 26.0 Å². The number of phenolic OH excluding ortho intramolecular Hbond substituents is 1. The smallest absolute Gasteiger partial charge is 0.153 e. The first-order chi connectivity index (χ1) is 8.29. The fraction of sp³-hybridized carbons (Fsp3) is 0.385. The standard InChI is InChI=1S/C13H17NO3S/c1-9(2)14-11(8-18(3,16)17)7-10-5-4-6-12(15)13(10)14/h4-7,9,15H,8H2,1-3H3. The van der Waals surface area contributed by atoms with E-state index >= 15 is 0 Å². The van der Waals surface area contributed by atoms with Crippen LogP contribution in [-0.4, -0.2) is 24.3 Å². The summed E-state index contributed by atoms with van der Waals surface area (Å²) in [7, 11) is -3.10. The number of phenols is 1. The molecule has 1 N–H and O–H groups in total. The number of hydrogen-bond donors (Lipinski definition) is 1. The van der Waals surface area contributed by atoms with Crippen LogP contribution in [0.3, 0.4) is 0 Å². The van der Waals surface area contributed by atoms with Crippen molar-refractivity contribution in [1.29, 1.82) is 0 Å². The molecule has 2 aromatic rings. The van der Waals surface area contributed by atoms with Gasteiger partial charge in [-0.1, -0.05) is 12.1 Å². The van der Waals surface area contributed by atoms with E-state index in [-0.39, 0.29) is 17.5 Å². The van der Waals surface area contributed by atoms with Gasteiger partial charge in [0.15, 0.2) is 9.84 Å². The van der Waals surface area contributed by atoms with Crippen molar-refractivity contribution in [2.24, 2.45) is 0 Å². The van der Waals surface area contributed by atoms with Crippen LogP contribution in [0, 0.1) is 0 Å². The van der Waals surface area contributed by atoms with E-state index in [2.05, 4.69) is 0 Å². The highest BCUT2D eigenvalue weighted by molar-refractivity contribution is 7.89. The summed E-state index contributed by atoms with van der Waals surface area (Å²) >= 11 is 0. The maximum atomic E-state index is 11.5. The van der Waals surface area contributed by atoms with E-state index in [9.17, 15) is 13.5 Å². The summed E-state index contributed by atoms with van der Waals surface area (Å²) in [4.78, 5) is 0. The molecule has 0 fully saturated rings. The van der Waals surface area contributed by atoms with Crippen molar-refractivity contribution in [2.45, 2.75) is 25.6 Å². The van der Waals surface area contributed by atoms with Crippen LogP contribution in [0.15, 0.2) is 24.3 Å². The van der Waals surface area contributed by atoms with Crippen LogP contribution in [0.25, 0.3) is 10.9 Å². The SMILES string of the molecule is CC(C)n1c(CS(C)(=O)=O)cc2cccc(O)c21. The van der Waals surface area contributed by atoms with Gasteiger partial charge in [-0.2, -0.15) is 0 Å². The highest BCUT2D eigenvalue weighted by atomic mass is 32.2. The maximum absolute atomic E-state index is 11.5. The lowest BCUT2D eigenvalue weighted by Crippen LogP contribution is -2.10. The number of benzene rings is 1. The molecule has 0 unspecified atom stereocenters. The zero-order chi connectivity index (χ0) is 13.5. The van der Waals surface area contributed by atoms with E-state index in [4.69, 9.17) is 0 Å². The van der Waals surface area contributed by atoms with Crippen LogP contribution < -0.4 is 0 Å². The summed E-state index contributed by atoms with van der Waals surface area (Å²) in [5.41, 5.74) is 1.41. The molecule has 1 aromatic carbocycles. The van der Waals surface area contributed by atoms with Crippen LogP contribution >= 0.6 is 0 Å². The number of sulfone groups is 1. The predicted octanol–water partition coefficient (Wildman–Crippen LogP) is 2.47. The summed E-state index contributed by atoms with van der Waals surface area (Å²) in [6.45, 7) is 3.94. The van der Waals surface area contributed by atoms with E-state index < -0.39 is 9.84 Å². The molecule has 0 amide bonds. The van der Waals surface area contributed by atoms with Crippen molar-refractivity contribution in [2.75, 3.05) is 6.26 Å². The molecule has 1 aromatic heterocycles. The van der Waals surface area contributed by atoms with Crippen LogP contribution in [0.5, 0.6) is 5.75 Å². The van der Waals surface area contributed by atoms with Crippen molar-refractivity contribution >= 4 is 20.7 Å². The van der Waals surface area contributed by atoms with E-state index in [1.165, 1.54) is 6.26 Å². The fourth-order valence-corrected chi connectivity index (χ4v) is 3.05. The topological polar surface area (TPSA) is 59.3 Å². The second-order valence-electron chi connectivity index (χ2n) is 4.88. The Morgan fingerprint density at radius 1 is 1.33 bits per heavy atom. The third-order valence-electron chi connectivity index (χ3n) is 2.84. The second-order valence-corrected chi connectivity index (χ2v) is 7.02. The lowest BCUT2D eigenvalue weighted by atomic mass is 10.2. The fourth-order valence-electron chi connectivity index (χ4n) is 2.29. The first kappa shape index (κ1) is 13.0. The maximum Gasteiger partial charge on any atom is 0.153 e. The lowest BCUT2D eigenvalue weighted by molar-refractivity contribution is 0.474. The Bertz CT molecular complexity index is 684. The minimum Gasteiger partial charge on any atom is -0.506 e. The highest BCUT2D eigenvalue weighted by Crippen LogP contribution is 2.31. The van der Waals surface area contributed by atoms with Crippen LogP contribution in [-0.2, 0) is 15.6 Å². The number of aromatic hydroxyl groups is 1. The largest absolute Gasteiger partial charge is 0.506 e. The van der Waals surface area contributed by atoms with Crippen molar-refractivity contribution in [3.8, 4) is 5.75 Å². The first-order valence-electron chi connectivity index (χ1n) is 5.79. The number of fused-ring (bicyclic) bond motifs is 1. The van der Waals surface area contributed by atoms with Gasteiger partial charge in [0.1, 0.15) is 5.75 Å². The molecular weight excluding hydrogens is 250 g/mol. The normalized spacial score (nSPS) is 12.4. The zero-order valence-electron chi connectivity index (χ0n) is 10.7. The quantitative estimate of drug-likeness (QED) is 0.929. The zero-order valence-corrected chi connectivity index (χ0v) is 11.5. The molecule has 0 saturated heterocycles. The summed E-state index contributed by atoms with van der Waals surface area (Å²) in [6.07, 6.45) is 1.22. The van der Waals surface area contributed by atoms with E-state index in [1.807, 2.05) is 30.5 Å². The number of para-hydroxylation sites is 1. The van der Waals surface area contributed by atoms with Gasteiger partial charge in [0.2, 0.25) is 0 Å². The van der Waals surface area contributed by atoms with Gasteiger partial charge in [-0.15, -0.1) is 0 Å². The summed E-state index contributed by atoms with van der Waals surface area (Å²) in [6, 6.07) is 7.17. The van der Waals surface area contributed by atoms with Crippen LogP contribution in [0.1, 0.15) is 25.6 Å².